The fraction of sp³-hybridized carbons (Fsp3) is 0.222. The number of hydrogen-bond acceptors (Lipinski definition) is 5. The van der Waals surface area contributed by atoms with Crippen LogP contribution >= 0.6 is 11.3 Å². The molecule has 0 spiro atoms. The van der Waals surface area contributed by atoms with Crippen molar-refractivity contribution in [3.8, 4) is 28.7 Å². The van der Waals surface area contributed by atoms with Crippen molar-refractivity contribution >= 4 is 21.6 Å². The van der Waals surface area contributed by atoms with Gasteiger partial charge in [-0.3, -0.25) is 0 Å². The number of fused-ring (bicyclic) bond motifs is 1. The Morgan fingerprint density at radius 1 is 0.923 bits per heavy atom. The number of alkyl halides is 2. The molecule has 0 radical (unpaired) electrons. The third-order valence-electron chi connectivity index (χ3n) is 5.57. The Labute approximate surface area is 220 Å². The highest BCUT2D eigenvalue weighted by Crippen LogP contribution is 2.39. The third-order valence-corrected chi connectivity index (χ3v) is 6.64. The lowest BCUT2D eigenvalue weighted by molar-refractivity contribution is -0.185. The van der Waals surface area contributed by atoms with Crippen molar-refractivity contribution in [2.24, 2.45) is 5.92 Å². The average molecular weight is 567 g/mol. The van der Waals surface area contributed by atoms with Crippen molar-refractivity contribution in [3.05, 3.63) is 82.1 Å². The molecular formula is C27H16F7NO3S. The minimum Gasteiger partial charge on any atom is -0.427 e. The van der Waals surface area contributed by atoms with Crippen molar-refractivity contribution in [3.63, 3.8) is 0 Å². The molecule has 202 valence electrons. The van der Waals surface area contributed by atoms with Crippen LogP contribution in [0, 0.1) is 46.8 Å². The summed E-state index contributed by atoms with van der Waals surface area (Å²) in [4.78, 5) is 3.76. The molecule has 39 heavy (non-hydrogen) atoms. The maximum Gasteiger partial charge on any atom is 0.454 e. The monoisotopic (exact) mass is 567 g/mol. The molecule has 3 aromatic carbocycles. The Morgan fingerprint density at radius 2 is 1.56 bits per heavy atom. The van der Waals surface area contributed by atoms with Crippen LogP contribution in [-0.4, -0.2) is 24.5 Å². The van der Waals surface area contributed by atoms with Crippen LogP contribution in [-0.2, 0) is 15.6 Å². The van der Waals surface area contributed by atoms with E-state index in [-0.39, 0.29) is 39.4 Å². The molecule has 2 heterocycles. The predicted octanol–water partition coefficient (Wildman–Crippen LogP) is 7.15. The molecule has 1 saturated heterocycles. The molecule has 0 aliphatic carbocycles. The van der Waals surface area contributed by atoms with E-state index in [1.807, 2.05) is 6.92 Å². The molecule has 5 rings (SSSR count). The van der Waals surface area contributed by atoms with Crippen LogP contribution in [0.1, 0.15) is 17.5 Å². The lowest BCUT2D eigenvalue weighted by Crippen LogP contribution is -2.29. The molecule has 0 bridgehead atoms. The van der Waals surface area contributed by atoms with Crippen molar-refractivity contribution in [2.45, 2.75) is 19.3 Å². The van der Waals surface area contributed by atoms with Crippen LogP contribution in [0.3, 0.4) is 0 Å². The van der Waals surface area contributed by atoms with E-state index in [4.69, 9.17) is 9.47 Å². The fourth-order valence-electron chi connectivity index (χ4n) is 3.73. The van der Waals surface area contributed by atoms with Crippen LogP contribution < -0.4 is 4.74 Å². The van der Waals surface area contributed by atoms with Crippen molar-refractivity contribution < 1.29 is 44.9 Å². The first-order valence-electron chi connectivity index (χ1n) is 11.4. The molecule has 0 unspecified atom stereocenters. The summed E-state index contributed by atoms with van der Waals surface area (Å²) in [6.45, 7) is 2.84. The smallest absolute Gasteiger partial charge is 0.427 e. The molecule has 1 fully saturated rings. The summed E-state index contributed by atoms with van der Waals surface area (Å²) in [5, 5.41) is -0.895. The first kappa shape index (κ1) is 26.9. The van der Waals surface area contributed by atoms with E-state index in [2.05, 4.69) is 21.6 Å². The maximum absolute atomic E-state index is 14.9. The van der Waals surface area contributed by atoms with Gasteiger partial charge in [-0.1, -0.05) is 18.9 Å². The second kappa shape index (κ2) is 10.5. The third kappa shape index (κ3) is 5.71. The largest absolute Gasteiger partial charge is 0.454 e. The zero-order valence-corrected chi connectivity index (χ0v) is 20.7. The van der Waals surface area contributed by atoms with Crippen molar-refractivity contribution in [1.82, 2.24) is 4.98 Å². The van der Waals surface area contributed by atoms with Gasteiger partial charge in [-0.05, 0) is 35.7 Å². The molecule has 4 aromatic rings. The van der Waals surface area contributed by atoms with Crippen LogP contribution in [0.2, 0.25) is 0 Å². The molecule has 0 saturated carbocycles. The fourth-order valence-corrected chi connectivity index (χ4v) is 4.65. The summed E-state index contributed by atoms with van der Waals surface area (Å²) in [6.07, 6.45) is -4.96. The Bertz CT molecular complexity index is 1570. The van der Waals surface area contributed by atoms with Gasteiger partial charge in [-0.2, -0.15) is 8.78 Å². The zero-order chi connectivity index (χ0) is 27.9. The standard InChI is InChI=1S/C27H16F7NO3S/c1-13-11-36-23(37-12-13)5-2-14-6-17(28)24(18(29)7-14)15-3-4-21-22(8-15)39-26(35-21)27(33,34)38-16-9-19(30)25(32)20(31)10-16/h3-4,6-10,13,23H,11-12H2,1H3. The van der Waals surface area contributed by atoms with Crippen LogP contribution in [0.25, 0.3) is 21.3 Å². The van der Waals surface area contributed by atoms with Gasteiger partial charge in [0.1, 0.15) is 17.4 Å². The first-order chi connectivity index (χ1) is 18.5. The first-order valence-corrected chi connectivity index (χ1v) is 12.2. The number of halogens is 7. The van der Waals surface area contributed by atoms with E-state index in [1.54, 1.807) is 0 Å². The van der Waals surface area contributed by atoms with E-state index >= 15 is 0 Å². The van der Waals surface area contributed by atoms with Gasteiger partial charge in [0.25, 0.3) is 0 Å². The molecule has 1 aliphatic rings. The maximum atomic E-state index is 14.9. The number of aromatic nitrogens is 1. The van der Waals surface area contributed by atoms with Crippen LogP contribution in [0.5, 0.6) is 5.75 Å². The van der Waals surface area contributed by atoms with Gasteiger partial charge < -0.3 is 14.2 Å². The van der Waals surface area contributed by atoms with Gasteiger partial charge in [-0.25, -0.2) is 26.9 Å². The highest BCUT2D eigenvalue weighted by molar-refractivity contribution is 7.18. The van der Waals surface area contributed by atoms with E-state index in [9.17, 15) is 30.7 Å². The molecule has 0 amide bonds. The second-order valence-corrected chi connectivity index (χ2v) is 9.74. The summed E-state index contributed by atoms with van der Waals surface area (Å²) in [5.74, 6) is -2.58. The minimum atomic E-state index is -4.15. The van der Waals surface area contributed by atoms with Crippen LogP contribution in [0.4, 0.5) is 30.7 Å². The Kier molecular flexibility index (Phi) is 7.24. The van der Waals surface area contributed by atoms with E-state index in [0.29, 0.717) is 24.6 Å². The Balaban J connectivity index is 1.40. The zero-order valence-electron chi connectivity index (χ0n) is 19.8. The molecular weight excluding hydrogens is 551 g/mol. The SMILES string of the molecule is CC1COC(C#Cc2cc(F)c(-c3ccc4nc(C(F)(F)Oc5cc(F)c(F)c(F)c5)sc4c3)c(F)c2)OC1. The molecule has 4 nitrogen and oxygen atoms in total. The number of thiazole rings is 1. The molecule has 0 atom stereocenters. The number of benzene rings is 3. The number of ether oxygens (including phenoxy) is 3. The van der Waals surface area contributed by atoms with Gasteiger partial charge in [0.2, 0.25) is 11.3 Å². The normalized spacial score (nSPS) is 17.6. The summed E-state index contributed by atoms with van der Waals surface area (Å²) >= 11 is 0.440. The van der Waals surface area contributed by atoms with E-state index in [1.165, 1.54) is 18.2 Å². The van der Waals surface area contributed by atoms with E-state index < -0.39 is 57.8 Å². The van der Waals surface area contributed by atoms with Gasteiger partial charge in [0.15, 0.2) is 17.5 Å². The van der Waals surface area contributed by atoms with Gasteiger partial charge in [0, 0.05) is 23.6 Å². The number of hydrogen-bond donors (Lipinski definition) is 0. The van der Waals surface area contributed by atoms with Gasteiger partial charge in [0.05, 0.1) is 29.0 Å². The van der Waals surface area contributed by atoms with Gasteiger partial charge >= 0.3 is 6.11 Å². The minimum absolute atomic E-state index is 0.0474. The highest BCUT2D eigenvalue weighted by Gasteiger charge is 2.39. The Morgan fingerprint density at radius 3 is 2.21 bits per heavy atom. The summed E-state index contributed by atoms with van der Waals surface area (Å²) in [6, 6.07) is 6.45. The molecule has 12 heteroatoms. The summed E-state index contributed by atoms with van der Waals surface area (Å²) in [5.41, 5.74) is -0.251. The molecule has 1 aliphatic heterocycles. The molecule has 0 N–H and O–H groups in total. The van der Waals surface area contributed by atoms with E-state index in [0.717, 1.165) is 12.1 Å². The highest BCUT2D eigenvalue weighted by atomic mass is 32.1. The quantitative estimate of drug-likeness (QED) is 0.149. The molecule has 1 aromatic heterocycles. The lowest BCUT2D eigenvalue weighted by atomic mass is 10.0. The lowest BCUT2D eigenvalue weighted by Gasteiger charge is -2.23. The summed E-state index contributed by atoms with van der Waals surface area (Å²) < 4.78 is 114. The van der Waals surface area contributed by atoms with Crippen molar-refractivity contribution in [1.29, 1.82) is 0 Å². The second-order valence-electron chi connectivity index (χ2n) is 8.71. The Hall–Kier alpha value is -3.66. The number of nitrogens with zero attached hydrogens (tertiary/aromatic N) is 1. The predicted molar refractivity (Wildman–Crippen MR) is 128 cm³/mol. The van der Waals surface area contributed by atoms with Crippen molar-refractivity contribution in [2.75, 3.05) is 13.2 Å². The summed E-state index contributed by atoms with van der Waals surface area (Å²) in [7, 11) is 0. The topological polar surface area (TPSA) is 40.6 Å². The van der Waals surface area contributed by atoms with Gasteiger partial charge in [-0.15, -0.1) is 11.3 Å². The number of rotatable bonds is 4. The average Bonchev–Trinajstić information content (AvgIpc) is 3.31. The van der Waals surface area contributed by atoms with Crippen LogP contribution in [0.15, 0.2) is 42.5 Å².